The second-order valence-electron chi connectivity index (χ2n) is 2.69. The van der Waals surface area contributed by atoms with E-state index in [0.29, 0.717) is 17.5 Å². The highest BCUT2D eigenvalue weighted by atomic mass is 32.1. The van der Waals surface area contributed by atoms with Crippen molar-refractivity contribution in [1.29, 1.82) is 0 Å². The summed E-state index contributed by atoms with van der Waals surface area (Å²) in [5.41, 5.74) is 6.51. The topological polar surface area (TPSA) is 63.3 Å². The molecule has 0 aliphatic heterocycles. The van der Waals surface area contributed by atoms with E-state index >= 15 is 0 Å². The first-order chi connectivity index (χ1) is 6.22. The number of carbonyl (C=O) groups is 1. The molecule has 0 spiro atoms. The van der Waals surface area contributed by atoms with Crippen LogP contribution in [0.25, 0.3) is 10.1 Å². The Morgan fingerprint density at radius 3 is 2.92 bits per heavy atom. The first-order valence-electron chi connectivity index (χ1n) is 3.68. The van der Waals surface area contributed by atoms with E-state index in [4.69, 9.17) is 5.73 Å². The Labute approximate surface area is 78.4 Å². The summed E-state index contributed by atoms with van der Waals surface area (Å²) < 4.78 is 0.743. The number of nitrogens with two attached hydrogens (primary N) is 1. The molecule has 1 aromatic heterocycles. The minimum Gasteiger partial charge on any atom is -0.499 e. The van der Waals surface area contributed by atoms with Crippen LogP contribution in [0.4, 0.5) is 5.69 Å². The van der Waals surface area contributed by atoms with Crippen molar-refractivity contribution < 1.29 is 9.90 Å². The summed E-state index contributed by atoms with van der Waals surface area (Å²) in [6.45, 7) is 0. The molecule has 0 radical (unpaired) electrons. The summed E-state index contributed by atoms with van der Waals surface area (Å²) in [6.07, 6.45) is 0.716. The number of aromatic hydroxyl groups is 1. The summed E-state index contributed by atoms with van der Waals surface area (Å²) in [4.78, 5) is 10.7. The first kappa shape index (κ1) is 8.07. The fourth-order valence-electron chi connectivity index (χ4n) is 1.25. The van der Waals surface area contributed by atoms with Crippen molar-refractivity contribution in [3.63, 3.8) is 0 Å². The Bertz CT molecular complexity index is 476. The van der Waals surface area contributed by atoms with Crippen molar-refractivity contribution in [2.75, 3.05) is 5.73 Å². The van der Waals surface area contributed by atoms with E-state index in [2.05, 4.69) is 0 Å². The third-order valence-corrected chi connectivity index (χ3v) is 2.85. The van der Waals surface area contributed by atoms with Gasteiger partial charge in [0.05, 0.1) is 10.3 Å². The summed E-state index contributed by atoms with van der Waals surface area (Å²) >= 11 is 1.16. The van der Waals surface area contributed by atoms with Crippen molar-refractivity contribution in [3.05, 3.63) is 23.8 Å². The average Bonchev–Trinajstić information content (AvgIpc) is 2.45. The van der Waals surface area contributed by atoms with Crippen LogP contribution in [0.2, 0.25) is 0 Å². The molecule has 2 rings (SSSR count). The monoisotopic (exact) mass is 193 g/mol. The van der Waals surface area contributed by atoms with Crippen LogP contribution in [-0.4, -0.2) is 11.4 Å². The number of anilines is 1. The van der Waals surface area contributed by atoms with E-state index in [1.807, 2.05) is 0 Å². The average molecular weight is 193 g/mol. The zero-order valence-electron chi connectivity index (χ0n) is 6.65. The molecule has 1 heterocycles. The highest BCUT2D eigenvalue weighted by molar-refractivity contribution is 7.21. The molecule has 13 heavy (non-hydrogen) atoms. The van der Waals surface area contributed by atoms with Gasteiger partial charge in [-0.1, -0.05) is 17.4 Å². The molecule has 0 unspecified atom stereocenters. The minimum atomic E-state index is 0.198. The molecule has 3 N–H and O–H groups in total. The van der Waals surface area contributed by atoms with E-state index in [1.54, 1.807) is 18.2 Å². The zero-order chi connectivity index (χ0) is 9.42. The lowest BCUT2D eigenvalue weighted by Gasteiger charge is -1.97. The summed E-state index contributed by atoms with van der Waals surface area (Å²) in [6, 6.07) is 5.07. The molecule has 0 atom stereocenters. The zero-order valence-corrected chi connectivity index (χ0v) is 7.47. The summed E-state index contributed by atoms with van der Waals surface area (Å²) in [7, 11) is 0. The fourth-order valence-corrected chi connectivity index (χ4v) is 2.16. The number of nitrogen functional groups attached to an aromatic ring is 1. The molecule has 0 aliphatic carbocycles. The normalized spacial score (nSPS) is 10.5. The molecule has 3 nitrogen and oxygen atoms in total. The Morgan fingerprint density at radius 1 is 1.46 bits per heavy atom. The minimum absolute atomic E-state index is 0.198. The number of benzene rings is 1. The van der Waals surface area contributed by atoms with Crippen molar-refractivity contribution in [3.8, 4) is 5.06 Å². The predicted octanol–water partition coefficient (Wildman–Crippen LogP) is 2.00. The number of thiophene rings is 1. The van der Waals surface area contributed by atoms with E-state index < -0.39 is 0 Å². The van der Waals surface area contributed by atoms with E-state index in [0.717, 1.165) is 21.4 Å². The summed E-state index contributed by atoms with van der Waals surface area (Å²) in [5, 5.41) is 10.3. The van der Waals surface area contributed by atoms with Crippen LogP contribution in [0.1, 0.15) is 10.4 Å². The largest absolute Gasteiger partial charge is 0.499 e. The van der Waals surface area contributed by atoms with Crippen LogP contribution in [0.3, 0.4) is 0 Å². The third-order valence-electron chi connectivity index (χ3n) is 1.86. The quantitative estimate of drug-likeness (QED) is 0.537. The van der Waals surface area contributed by atoms with E-state index in [9.17, 15) is 9.90 Å². The van der Waals surface area contributed by atoms with Crippen LogP contribution in [-0.2, 0) is 0 Å². The van der Waals surface area contributed by atoms with Crippen LogP contribution in [0, 0.1) is 0 Å². The third kappa shape index (κ3) is 1.15. The number of hydrogen-bond acceptors (Lipinski definition) is 4. The van der Waals surface area contributed by atoms with Crippen LogP contribution in [0.5, 0.6) is 5.06 Å². The highest BCUT2D eigenvalue weighted by Crippen LogP contribution is 2.34. The molecular formula is C9H7NO2S. The number of carbonyl (C=O) groups excluding carboxylic acids is 1. The molecule has 0 saturated heterocycles. The molecule has 2 aromatic rings. The van der Waals surface area contributed by atoms with E-state index in [1.165, 1.54) is 0 Å². The first-order valence-corrected chi connectivity index (χ1v) is 4.50. The van der Waals surface area contributed by atoms with Crippen LogP contribution in [0.15, 0.2) is 18.2 Å². The SMILES string of the molecule is Nc1ccc2cc(O)sc2c1C=O. The number of aldehydes is 1. The molecule has 0 aliphatic rings. The highest BCUT2D eigenvalue weighted by Gasteiger charge is 2.07. The van der Waals surface area contributed by atoms with E-state index in [-0.39, 0.29) is 5.06 Å². The molecule has 0 bridgehead atoms. The fraction of sp³-hybridized carbons (Fsp3) is 0. The molecule has 66 valence electrons. The maximum absolute atomic E-state index is 10.7. The van der Waals surface area contributed by atoms with Gasteiger partial charge in [0.2, 0.25) is 0 Å². The smallest absolute Gasteiger partial charge is 0.172 e. The van der Waals surface area contributed by atoms with Crippen molar-refractivity contribution in [1.82, 2.24) is 0 Å². The molecule has 1 aromatic carbocycles. The molecule has 0 fully saturated rings. The van der Waals surface area contributed by atoms with Crippen LogP contribution < -0.4 is 5.73 Å². The predicted molar refractivity (Wildman–Crippen MR) is 53.3 cm³/mol. The van der Waals surface area contributed by atoms with Gasteiger partial charge >= 0.3 is 0 Å². The lowest BCUT2D eigenvalue weighted by Crippen LogP contribution is -1.91. The van der Waals surface area contributed by atoms with Crippen molar-refractivity contribution >= 4 is 33.4 Å². The Kier molecular flexibility index (Phi) is 1.70. The van der Waals surface area contributed by atoms with Gasteiger partial charge in [0, 0.05) is 5.69 Å². The molecule has 0 amide bonds. The molecular weight excluding hydrogens is 186 g/mol. The Balaban J connectivity index is 2.90. The van der Waals surface area contributed by atoms with Gasteiger partial charge in [0.15, 0.2) is 11.3 Å². The van der Waals surface area contributed by atoms with Gasteiger partial charge in [-0.15, -0.1) is 0 Å². The summed E-state index contributed by atoms with van der Waals surface area (Å²) in [5.74, 6) is 0. The number of fused-ring (bicyclic) bond motifs is 1. The maximum Gasteiger partial charge on any atom is 0.172 e. The van der Waals surface area contributed by atoms with Gasteiger partial charge in [-0.3, -0.25) is 4.79 Å². The van der Waals surface area contributed by atoms with Gasteiger partial charge in [0.25, 0.3) is 0 Å². The Hall–Kier alpha value is -1.55. The van der Waals surface area contributed by atoms with Gasteiger partial charge in [-0.25, -0.2) is 0 Å². The van der Waals surface area contributed by atoms with Gasteiger partial charge < -0.3 is 10.8 Å². The molecule has 4 heteroatoms. The maximum atomic E-state index is 10.7. The van der Waals surface area contributed by atoms with Crippen LogP contribution >= 0.6 is 11.3 Å². The second-order valence-corrected chi connectivity index (χ2v) is 3.72. The van der Waals surface area contributed by atoms with Gasteiger partial charge in [-0.05, 0) is 17.5 Å². The van der Waals surface area contributed by atoms with Crippen molar-refractivity contribution in [2.24, 2.45) is 0 Å². The second kappa shape index (κ2) is 2.74. The Morgan fingerprint density at radius 2 is 2.23 bits per heavy atom. The standard InChI is InChI=1S/C9H7NO2S/c10-7-2-1-5-3-8(12)13-9(5)6(7)4-11/h1-4,12H,10H2. The lowest BCUT2D eigenvalue weighted by atomic mass is 10.1. The lowest BCUT2D eigenvalue weighted by molar-refractivity contribution is 0.112. The number of rotatable bonds is 1. The van der Waals surface area contributed by atoms with Gasteiger partial charge in [-0.2, -0.15) is 0 Å². The molecule has 0 saturated carbocycles. The van der Waals surface area contributed by atoms with Crippen molar-refractivity contribution in [2.45, 2.75) is 0 Å². The van der Waals surface area contributed by atoms with Gasteiger partial charge in [0.1, 0.15) is 0 Å². The number of hydrogen-bond donors (Lipinski definition) is 2.